The Morgan fingerprint density at radius 2 is 1.00 bits per heavy atom. The van der Waals surface area contributed by atoms with Gasteiger partial charge in [0.25, 0.3) is 11.8 Å². The molecule has 0 unspecified atom stereocenters. The summed E-state index contributed by atoms with van der Waals surface area (Å²) in [4.78, 5) is 29.5. The topological polar surface area (TPSA) is 64.7 Å². The number of hydrogen-bond acceptors (Lipinski definition) is 4. The predicted octanol–water partition coefficient (Wildman–Crippen LogP) is 6.30. The summed E-state index contributed by atoms with van der Waals surface area (Å²) in [6.07, 6.45) is 0. The van der Waals surface area contributed by atoms with Crippen molar-refractivity contribution in [1.29, 1.82) is 0 Å². The number of carbonyl (C=O) groups excluding carboxylic acids is 2. The van der Waals surface area contributed by atoms with Gasteiger partial charge in [0.1, 0.15) is 0 Å². The summed E-state index contributed by atoms with van der Waals surface area (Å²) in [7, 11) is 7.91. The van der Waals surface area contributed by atoms with Gasteiger partial charge in [0.15, 0.2) is 0 Å². The van der Waals surface area contributed by atoms with E-state index in [0.717, 1.165) is 39.4 Å². The van der Waals surface area contributed by atoms with Crippen molar-refractivity contribution in [3.05, 3.63) is 108 Å². The van der Waals surface area contributed by atoms with Gasteiger partial charge in [0.05, 0.1) is 0 Å². The summed E-state index contributed by atoms with van der Waals surface area (Å²) >= 11 is 0. The summed E-state index contributed by atoms with van der Waals surface area (Å²) < 4.78 is 0. The molecule has 0 saturated carbocycles. The van der Waals surface area contributed by atoms with E-state index < -0.39 is 0 Å². The Morgan fingerprint density at radius 3 is 1.43 bits per heavy atom. The van der Waals surface area contributed by atoms with E-state index >= 15 is 0 Å². The average Bonchev–Trinajstić information content (AvgIpc) is 2.89. The smallest absolute Gasteiger partial charge is 0.255 e. The van der Waals surface area contributed by atoms with Crippen LogP contribution in [-0.4, -0.2) is 40.0 Å². The molecule has 0 heterocycles. The quantitative estimate of drug-likeness (QED) is 0.318. The summed E-state index contributed by atoms with van der Waals surface area (Å²) in [6.45, 7) is 1.98. The van der Waals surface area contributed by atoms with E-state index in [4.69, 9.17) is 0 Å². The first-order chi connectivity index (χ1) is 17.7. The molecule has 4 aromatic carbocycles. The van der Waals surface area contributed by atoms with Gasteiger partial charge in [-0.3, -0.25) is 9.59 Å². The van der Waals surface area contributed by atoms with Gasteiger partial charge in [-0.15, -0.1) is 0 Å². The van der Waals surface area contributed by atoms with E-state index in [2.05, 4.69) is 10.6 Å². The molecule has 6 heteroatoms. The van der Waals surface area contributed by atoms with Gasteiger partial charge in [-0.2, -0.15) is 0 Å². The van der Waals surface area contributed by atoms with Crippen molar-refractivity contribution >= 4 is 34.6 Å². The summed E-state index contributed by atoms with van der Waals surface area (Å²) in [6, 6.07) is 28.6. The zero-order valence-electron chi connectivity index (χ0n) is 21.9. The second-order valence-corrected chi connectivity index (χ2v) is 9.40. The lowest BCUT2D eigenvalue weighted by atomic mass is 9.97. The highest BCUT2D eigenvalue weighted by Gasteiger charge is 2.11. The molecular formula is C31H32N4O2. The molecule has 37 heavy (non-hydrogen) atoms. The van der Waals surface area contributed by atoms with Crippen molar-refractivity contribution in [3.63, 3.8) is 0 Å². The van der Waals surface area contributed by atoms with E-state index in [-0.39, 0.29) is 11.8 Å². The largest absolute Gasteiger partial charge is 0.378 e. The van der Waals surface area contributed by atoms with E-state index in [0.29, 0.717) is 11.1 Å². The molecule has 0 aliphatic heterocycles. The third-order valence-electron chi connectivity index (χ3n) is 6.23. The molecule has 0 atom stereocenters. The Kier molecular flexibility index (Phi) is 7.58. The number of nitrogens with zero attached hydrogens (tertiary/aromatic N) is 2. The summed E-state index contributed by atoms with van der Waals surface area (Å²) in [5.74, 6) is -0.315. The van der Waals surface area contributed by atoms with Crippen molar-refractivity contribution < 1.29 is 9.59 Å². The third kappa shape index (κ3) is 6.16. The van der Waals surface area contributed by atoms with E-state index in [9.17, 15) is 9.59 Å². The molecule has 4 aromatic rings. The van der Waals surface area contributed by atoms with E-state index in [1.54, 1.807) is 0 Å². The Morgan fingerprint density at radius 1 is 0.568 bits per heavy atom. The Bertz CT molecular complexity index is 1390. The van der Waals surface area contributed by atoms with Crippen LogP contribution >= 0.6 is 0 Å². The number of nitrogens with one attached hydrogen (secondary N) is 2. The molecule has 0 fully saturated rings. The number of rotatable bonds is 7. The fourth-order valence-electron chi connectivity index (χ4n) is 4.02. The standard InChI is InChI=1S/C31H32N4O2/c1-21-20-24(31(37)33-26-13-17-28(18-14-26)35(4)5)10-19-29(21)22-6-8-23(9-7-22)30(36)32-25-11-15-27(16-12-25)34(2)3/h6-20H,1-5H3,(H,32,36)(H,33,37). The minimum atomic E-state index is -0.161. The van der Waals surface area contributed by atoms with Crippen LogP contribution in [0, 0.1) is 6.92 Å². The van der Waals surface area contributed by atoms with Crippen LogP contribution in [0.2, 0.25) is 0 Å². The average molecular weight is 493 g/mol. The highest BCUT2D eigenvalue weighted by molar-refractivity contribution is 6.05. The van der Waals surface area contributed by atoms with Crippen molar-refractivity contribution in [2.75, 3.05) is 48.6 Å². The fraction of sp³-hybridized carbons (Fsp3) is 0.161. The van der Waals surface area contributed by atoms with Gasteiger partial charge in [-0.05, 0) is 96.4 Å². The zero-order valence-corrected chi connectivity index (χ0v) is 21.9. The lowest BCUT2D eigenvalue weighted by molar-refractivity contribution is 0.101. The lowest BCUT2D eigenvalue weighted by Gasteiger charge is -2.14. The van der Waals surface area contributed by atoms with Crippen molar-refractivity contribution in [3.8, 4) is 11.1 Å². The first-order valence-corrected chi connectivity index (χ1v) is 12.1. The predicted molar refractivity (Wildman–Crippen MR) is 154 cm³/mol. The number of carbonyl (C=O) groups is 2. The molecule has 2 N–H and O–H groups in total. The Balaban J connectivity index is 1.42. The maximum atomic E-state index is 12.8. The molecular weight excluding hydrogens is 460 g/mol. The zero-order chi connectivity index (χ0) is 26.5. The van der Waals surface area contributed by atoms with Gasteiger partial charge in [0.2, 0.25) is 0 Å². The number of benzene rings is 4. The number of amides is 2. The Hall–Kier alpha value is -4.58. The molecule has 188 valence electrons. The minimum absolute atomic E-state index is 0.155. The molecule has 0 aromatic heterocycles. The molecule has 0 saturated heterocycles. The van der Waals surface area contributed by atoms with Crippen molar-refractivity contribution in [2.45, 2.75) is 6.92 Å². The monoisotopic (exact) mass is 492 g/mol. The molecule has 2 amide bonds. The maximum absolute atomic E-state index is 12.8. The molecule has 0 bridgehead atoms. The van der Waals surface area contributed by atoms with E-state index in [1.807, 2.05) is 136 Å². The van der Waals surface area contributed by atoms with Crippen LogP contribution in [0.1, 0.15) is 26.3 Å². The van der Waals surface area contributed by atoms with Gasteiger partial charge in [0, 0.05) is 62.1 Å². The van der Waals surface area contributed by atoms with Crippen LogP contribution in [-0.2, 0) is 0 Å². The highest BCUT2D eigenvalue weighted by atomic mass is 16.2. The van der Waals surface area contributed by atoms with Crippen LogP contribution < -0.4 is 20.4 Å². The molecule has 4 rings (SSSR count). The maximum Gasteiger partial charge on any atom is 0.255 e. The van der Waals surface area contributed by atoms with Crippen LogP contribution in [0.25, 0.3) is 11.1 Å². The van der Waals surface area contributed by atoms with Crippen molar-refractivity contribution in [1.82, 2.24) is 0 Å². The molecule has 0 aliphatic rings. The van der Waals surface area contributed by atoms with Gasteiger partial charge >= 0.3 is 0 Å². The van der Waals surface area contributed by atoms with Gasteiger partial charge in [-0.1, -0.05) is 18.2 Å². The van der Waals surface area contributed by atoms with E-state index in [1.165, 1.54) is 0 Å². The highest BCUT2D eigenvalue weighted by Crippen LogP contribution is 2.26. The molecule has 0 spiro atoms. The lowest BCUT2D eigenvalue weighted by Crippen LogP contribution is -2.13. The number of hydrogen-bond donors (Lipinski definition) is 2. The molecule has 0 aliphatic carbocycles. The van der Waals surface area contributed by atoms with Crippen molar-refractivity contribution in [2.24, 2.45) is 0 Å². The second kappa shape index (κ2) is 11.0. The number of anilines is 4. The first-order valence-electron chi connectivity index (χ1n) is 12.1. The van der Waals surface area contributed by atoms with Gasteiger partial charge < -0.3 is 20.4 Å². The minimum Gasteiger partial charge on any atom is -0.378 e. The molecule has 6 nitrogen and oxygen atoms in total. The first kappa shape index (κ1) is 25.5. The number of aryl methyl sites for hydroxylation is 1. The van der Waals surface area contributed by atoms with Gasteiger partial charge in [-0.25, -0.2) is 0 Å². The SMILES string of the molecule is Cc1cc(C(=O)Nc2ccc(N(C)C)cc2)ccc1-c1ccc(C(=O)Nc2ccc(N(C)C)cc2)cc1. The fourth-order valence-corrected chi connectivity index (χ4v) is 4.02. The molecule has 0 radical (unpaired) electrons. The Labute approximate surface area is 218 Å². The van der Waals surface area contributed by atoms with Crippen LogP contribution in [0.4, 0.5) is 22.7 Å². The van der Waals surface area contributed by atoms with Crippen LogP contribution in [0.3, 0.4) is 0 Å². The summed E-state index contributed by atoms with van der Waals surface area (Å²) in [5.41, 5.74) is 7.78. The normalized spacial score (nSPS) is 10.5. The van der Waals surface area contributed by atoms with Crippen LogP contribution in [0.15, 0.2) is 91.0 Å². The van der Waals surface area contributed by atoms with Crippen LogP contribution in [0.5, 0.6) is 0 Å². The summed E-state index contributed by atoms with van der Waals surface area (Å²) in [5, 5.41) is 5.89. The third-order valence-corrected chi connectivity index (χ3v) is 6.23. The second-order valence-electron chi connectivity index (χ2n) is 9.40.